The van der Waals surface area contributed by atoms with Crippen molar-refractivity contribution in [3.8, 4) is 0 Å². The van der Waals surface area contributed by atoms with E-state index >= 15 is 0 Å². The maximum Gasteiger partial charge on any atom is 0.157 e. The monoisotopic (exact) mass is 257 g/mol. The summed E-state index contributed by atoms with van der Waals surface area (Å²) in [5.41, 5.74) is 2.58. The van der Waals surface area contributed by atoms with E-state index in [9.17, 15) is 4.79 Å². The van der Waals surface area contributed by atoms with Crippen LogP contribution in [0.1, 0.15) is 55.7 Å². The molecule has 102 valence electrons. The number of nitrogens with one attached hydrogen (secondary N) is 1. The Morgan fingerprint density at radius 3 is 2.58 bits per heavy atom. The summed E-state index contributed by atoms with van der Waals surface area (Å²) in [5.74, 6) is 0.722. The molecule has 1 aromatic rings. The van der Waals surface area contributed by atoms with E-state index in [1.807, 2.05) is 0 Å². The first kappa shape index (κ1) is 12.9. The summed E-state index contributed by atoms with van der Waals surface area (Å²) in [5, 5.41) is 3.44. The number of ketones is 1. The third-order valence-corrected chi connectivity index (χ3v) is 4.65. The minimum atomic E-state index is -0.0481. The number of hydrogen-bond acceptors (Lipinski definition) is 2. The second-order valence-electron chi connectivity index (χ2n) is 5.93. The molecule has 0 bridgehead atoms. The minimum absolute atomic E-state index is 0.0481. The molecule has 0 saturated heterocycles. The quantitative estimate of drug-likeness (QED) is 0.823. The molecule has 2 heteroatoms. The van der Waals surface area contributed by atoms with Crippen LogP contribution in [0.25, 0.3) is 0 Å². The first-order chi connectivity index (χ1) is 9.36. The molecule has 1 N–H and O–H groups in total. The Bertz CT molecular complexity index is 446. The predicted octanol–water partition coefficient (Wildman–Crippen LogP) is 3.41. The van der Waals surface area contributed by atoms with E-state index in [2.05, 4.69) is 29.6 Å². The lowest BCUT2D eigenvalue weighted by molar-refractivity contribution is -0.125. The highest BCUT2D eigenvalue weighted by Gasteiger charge is 2.31. The molecular weight excluding hydrogens is 234 g/mol. The molecule has 0 spiro atoms. The minimum Gasteiger partial charge on any atom is -0.303 e. The molecule has 1 unspecified atom stereocenters. The van der Waals surface area contributed by atoms with Crippen LogP contribution in [0.15, 0.2) is 24.3 Å². The average molecular weight is 257 g/mol. The number of carbonyl (C=O) groups excluding carboxylic acids is 1. The summed E-state index contributed by atoms with van der Waals surface area (Å²) in [6, 6.07) is 8.38. The Balaban J connectivity index is 1.80. The summed E-state index contributed by atoms with van der Waals surface area (Å²) in [4.78, 5) is 12.8. The number of hydrogen-bond donors (Lipinski definition) is 1. The van der Waals surface area contributed by atoms with Gasteiger partial charge in [0.25, 0.3) is 0 Å². The SMILES string of the molecule is O=C(C1CCCCCC1)C1NCCc2ccccc21. The molecule has 1 atom stereocenters. The lowest BCUT2D eigenvalue weighted by atomic mass is 9.84. The van der Waals surface area contributed by atoms with Crippen LogP contribution >= 0.6 is 0 Å². The molecule has 19 heavy (non-hydrogen) atoms. The van der Waals surface area contributed by atoms with Gasteiger partial charge in [-0.2, -0.15) is 0 Å². The van der Waals surface area contributed by atoms with Crippen LogP contribution in [0.4, 0.5) is 0 Å². The number of rotatable bonds is 2. The van der Waals surface area contributed by atoms with Crippen molar-refractivity contribution in [2.75, 3.05) is 6.54 Å². The molecule has 1 saturated carbocycles. The highest BCUT2D eigenvalue weighted by molar-refractivity contribution is 5.88. The van der Waals surface area contributed by atoms with E-state index in [0.717, 1.165) is 25.8 Å². The molecule has 1 aliphatic heterocycles. The lowest BCUT2D eigenvalue weighted by Crippen LogP contribution is -2.38. The van der Waals surface area contributed by atoms with Gasteiger partial charge in [0.05, 0.1) is 6.04 Å². The van der Waals surface area contributed by atoms with Crippen LogP contribution in [-0.2, 0) is 11.2 Å². The summed E-state index contributed by atoms with van der Waals surface area (Å²) < 4.78 is 0. The summed E-state index contributed by atoms with van der Waals surface area (Å²) in [6.07, 6.45) is 8.30. The van der Waals surface area contributed by atoms with Crippen molar-refractivity contribution in [2.45, 2.75) is 51.0 Å². The first-order valence-corrected chi connectivity index (χ1v) is 7.71. The van der Waals surface area contributed by atoms with Crippen molar-refractivity contribution in [2.24, 2.45) is 5.92 Å². The normalized spacial score (nSPS) is 24.5. The maximum absolute atomic E-state index is 12.8. The fourth-order valence-electron chi connectivity index (χ4n) is 3.56. The van der Waals surface area contributed by atoms with Crippen molar-refractivity contribution in [1.29, 1.82) is 0 Å². The van der Waals surface area contributed by atoms with Crippen molar-refractivity contribution in [3.63, 3.8) is 0 Å². The summed E-state index contributed by atoms with van der Waals surface area (Å²) in [6.45, 7) is 0.931. The molecule has 0 amide bonds. The number of carbonyl (C=O) groups is 1. The molecule has 1 heterocycles. The van der Waals surface area contributed by atoms with E-state index in [-0.39, 0.29) is 12.0 Å². The van der Waals surface area contributed by atoms with Crippen LogP contribution in [0, 0.1) is 5.92 Å². The average Bonchev–Trinajstić information content (AvgIpc) is 2.75. The van der Waals surface area contributed by atoms with Gasteiger partial charge in [0.15, 0.2) is 5.78 Å². The van der Waals surface area contributed by atoms with E-state index in [1.54, 1.807) is 0 Å². The Hall–Kier alpha value is -1.15. The van der Waals surface area contributed by atoms with Crippen LogP contribution in [0.3, 0.4) is 0 Å². The molecule has 1 fully saturated rings. The van der Waals surface area contributed by atoms with E-state index in [1.165, 1.54) is 36.8 Å². The summed E-state index contributed by atoms with van der Waals surface area (Å²) >= 11 is 0. The van der Waals surface area contributed by atoms with Crippen LogP contribution < -0.4 is 5.32 Å². The second-order valence-corrected chi connectivity index (χ2v) is 5.93. The second kappa shape index (κ2) is 5.87. The van der Waals surface area contributed by atoms with Gasteiger partial charge in [-0.25, -0.2) is 0 Å². The Morgan fingerprint density at radius 2 is 1.79 bits per heavy atom. The van der Waals surface area contributed by atoms with Crippen LogP contribution in [-0.4, -0.2) is 12.3 Å². The van der Waals surface area contributed by atoms with Gasteiger partial charge in [-0.3, -0.25) is 4.79 Å². The molecule has 0 radical (unpaired) electrons. The maximum atomic E-state index is 12.8. The summed E-state index contributed by atoms with van der Waals surface area (Å²) in [7, 11) is 0. The van der Waals surface area contributed by atoms with Gasteiger partial charge in [0.2, 0.25) is 0 Å². The lowest BCUT2D eigenvalue weighted by Gasteiger charge is -2.28. The van der Waals surface area contributed by atoms with E-state index < -0.39 is 0 Å². The molecule has 1 aliphatic carbocycles. The zero-order chi connectivity index (χ0) is 13.1. The largest absolute Gasteiger partial charge is 0.303 e. The van der Waals surface area contributed by atoms with Crippen molar-refractivity contribution < 1.29 is 4.79 Å². The van der Waals surface area contributed by atoms with E-state index in [4.69, 9.17) is 0 Å². The smallest absolute Gasteiger partial charge is 0.157 e. The highest BCUT2D eigenvalue weighted by Crippen LogP contribution is 2.31. The van der Waals surface area contributed by atoms with Gasteiger partial charge < -0.3 is 5.32 Å². The molecule has 0 aromatic heterocycles. The Labute approximate surface area is 115 Å². The third kappa shape index (κ3) is 2.74. The van der Waals surface area contributed by atoms with Gasteiger partial charge in [-0.15, -0.1) is 0 Å². The molecule has 2 aliphatic rings. The van der Waals surface area contributed by atoms with Gasteiger partial charge >= 0.3 is 0 Å². The van der Waals surface area contributed by atoms with Gasteiger partial charge in [-0.1, -0.05) is 49.9 Å². The number of benzene rings is 1. The highest BCUT2D eigenvalue weighted by atomic mass is 16.1. The van der Waals surface area contributed by atoms with Gasteiger partial charge in [-0.05, 0) is 30.4 Å². The Morgan fingerprint density at radius 1 is 1.05 bits per heavy atom. The van der Waals surface area contributed by atoms with Crippen LogP contribution in [0.5, 0.6) is 0 Å². The number of Topliss-reactive ketones (excluding diaryl/α,β-unsaturated/α-hetero) is 1. The predicted molar refractivity (Wildman–Crippen MR) is 77.1 cm³/mol. The fourth-order valence-corrected chi connectivity index (χ4v) is 3.56. The van der Waals surface area contributed by atoms with Crippen molar-refractivity contribution in [1.82, 2.24) is 5.32 Å². The van der Waals surface area contributed by atoms with Gasteiger partial charge in [0.1, 0.15) is 0 Å². The zero-order valence-corrected chi connectivity index (χ0v) is 11.5. The van der Waals surface area contributed by atoms with Crippen molar-refractivity contribution >= 4 is 5.78 Å². The van der Waals surface area contributed by atoms with Crippen LogP contribution in [0.2, 0.25) is 0 Å². The fraction of sp³-hybridized carbons (Fsp3) is 0.588. The first-order valence-electron chi connectivity index (χ1n) is 7.71. The Kier molecular flexibility index (Phi) is 3.97. The standard InChI is InChI=1S/C17H23NO/c19-17(14-8-3-1-2-4-9-14)16-15-10-6-5-7-13(15)11-12-18-16/h5-7,10,14,16,18H,1-4,8-9,11-12H2. The van der Waals surface area contributed by atoms with Crippen molar-refractivity contribution in [3.05, 3.63) is 35.4 Å². The van der Waals surface area contributed by atoms with Gasteiger partial charge in [0, 0.05) is 12.5 Å². The van der Waals surface area contributed by atoms with E-state index in [0.29, 0.717) is 5.78 Å². The zero-order valence-electron chi connectivity index (χ0n) is 11.5. The molecule has 1 aromatic carbocycles. The number of fused-ring (bicyclic) bond motifs is 1. The topological polar surface area (TPSA) is 29.1 Å². The third-order valence-electron chi connectivity index (χ3n) is 4.65. The molecule has 3 rings (SSSR count). The molecular formula is C17H23NO. The molecule has 2 nitrogen and oxygen atoms in total.